The zero-order valence-electron chi connectivity index (χ0n) is 12.5. The van der Waals surface area contributed by atoms with Crippen LogP contribution in [0.4, 0.5) is 5.69 Å². The van der Waals surface area contributed by atoms with E-state index in [4.69, 9.17) is 4.74 Å². The zero-order chi connectivity index (χ0) is 15.2. The van der Waals surface area contributed by atoms with Crippen LogP contribution in [0.2, 0.25) is 0 Å². The van der Waals surface area contributed by atoms with Gasteiger partial charge in [0.2, 0.25) is 0 Å². The molecular weight excluding hydrogens is 272 g/mol. The van der Waals surface area contributed by atoms with E-state index >= 15 is 0 Å². The molecule has 0 aliphatic carbocycles. The number of methoxy groups -OCH3 is 1. The molecule has 0 unspecified atom stereocenters. The molecule has 0 bridgehead atoms. The minimum atomic E-state index is 0.733. The summed E-state index contributed by atoms with van der Waals surface area (Å²) in [4.78, 5) is 4.04. The van der Waals surface area contributed by atoms with Gasteiger partial charge in [0.05, 0.1) is 12.8 Å². The summed E-state index contributed by atoms with van der Waals surface area (Å²) < 4.78 is 5.45. The van der Waals surface area contributed by atoms with Gasteiger partial charge in [-0.1, -0.05) is 36.4 Å². The molecule has 0 saturated carbocycles. The molecule has 1 heterocycles. The van der Waals surface area contributed by atoms with Gasteiger partial charge in [-0.15, -0.1) is 0 Å². The Kier molecular flexibility index (Phi) is 4.35. The Hall–Kier alpha value is -2.81. The van der Waals surface area contributed by atoms with E-state index in [9.17, 15) is 0 Å². The number of hydrogen-bond acceptors (Lipinski definition) is 3. The van der Waals surface area contributed by atoms with Crippen molar-refractivity contribution in [3.8, 4) is 16.9 Å². The molecule has 1 N–H and O–H groups in total. The summed E-state index contributed by atoms with van der Waals surface area (Å²) in [5.41, 5.74) is 4.53. The number of nitrogens with zero attached hydrogens (tertiary/aromatic N) is 1. The van der Waals surface area contributed by atoms with E-state index in [0.29, 0.717) is 0 Å². The van der Waals surface area contributed by atoms with Gasteiger partial charge < -0.3 is 10.1 Å². The summed E-state index contributed by atoms with van der Waals surface area (Å²) >= 11 is 0. The highest BCUT2D eigenvalue weighted by Gasteiger charge is 2.06. The number of anilines is 1. The van der Waals surface area contributed by atoms with Crippen molar-refractivity contribution in [2.24, 2.45) is 0 Å². The van der Waals surface area contributed by atoms with Crippen LogP contribution in [0.3, 0.4) is 0 Å². The minimum Gasteiger partial charge on any atom is -0.495 e. The Balaban J connectivity index is 1.85. The second-order valence-electron chi connectivity index (χ2n) is 4.99. The number of hydrogen-bond donors (Lipinski definition) is 1. The Morgan fingerprint density at radius 1 is 0.909 bits per heavy atom. The first-order valence-electron chi connectivity index (χ1n) is 7.23. The van der Waals surface area contributed by atoms with Crippen LogP contribution in [0.5, 0.6) is 5.75 Å². The van der Waals surface area contributed by atoms with E-state index < -0.39 is 0 Å². The predicted molar refractivity (Wildman–Crippen MR) is 90.0 cm³/mol. The first kappa shape index (κ1) is 14.1. The van der Waals surface area contributed by atoms with E-state index in [1.807, 2.05) is 36.4 Å². The summed E-state index contributed by atoms with van der Waals surface area (Å²) in [5.74, 6) is 0.841. The number of pyridine rings is 1. The van der Waals surface area contributed by atoms with Gasteiger partial charge in [-0.25, -0.2) is 0 Å². The largest absolute Gasteiger partial charge is 0.495 e. The van der Waals surface area contributed by atoms with Gasteiger partial charge in [0.25, 0.3) is 0 Å². The number of aromatic nitrogens is 1. The molecule has 22 heavy (non-hydrogen) atoms. The van der Waals surface area contributed by atoms with Gasteiger partial charge >= 0.3 is 0 Å². The first-order chi connectivity index (χ1) is 10.9. The monoisotopic (exact) mass is 290 g/mol. The van der Waals surface area contributed by atoms with Gasteiger partial charge in [0.15, 0.2) is 0 Å². The van der Waals surface area contributed by atoms with Crippen LogP contribution in [-0.2, 0) is 6.54 Å². The van der Waals surface area contributed by atoms with Crippen LogP contribution >= 0.6 is 0 Å². The summed E-state index contributed by atoms with van der Waals surface area (Å²) in [6, 6.07) is 20.5. The second-order valence-corrected chi connectivity index (χ2v) is 4.99. The topological polar surface area (TPSA) is 34.1 Å². The Labute approximate surface area is 130 Å². The number of rotatable bonds is 5. The fraction of sp³-hybridized carbons (Fsp3) is 0.105. The third kappa shape index (κ3) is 3.26. The summed E-state index contributed by atoms with van der Waals surface area (Å²) in [7, 11) is 1.69. The molecule has 3 rings (SSSR count). The second kappa shape index (κ2) is 6.76. The van der Waals surface area contributed by atoms with Gasteiger partial charge in [0, 0.05) is 18.9 Å². The van der Waals surface area contributed by atoms with E-state index in [2.05, 4.69) is 34.6 Å². The van der Waals surface area contributed by atoms with E-state index in [-0.39, 0.29) is 0 Å². The molecule has 0 aliphatic rings. The van der Waals surface area contributed by atoms with Crippen molar-refractivity contribution in [1.82, 2.24) is 4.98 Å². The molecule has 0 aliphatic heterocycles. The lowest BCUT2D eigenvalue weighted by Gasteiger charge is -2.13. The summed E-state index contributed by atoms with van der Waals surface area (Å²) in [6.07, 6.45) is 3.60. The molecule has 0 atom stereocenters. The van der Waals surface area contributed by atoms with Crippen molar-refractivity contribution in [3.63, 3.8) is 0 Å². The van der Waals surface area contributed by atoms with Crippen molar-refractivity contribution in [1.29, 1.82) is 0 Å². The van der Waals surface area contributed by atoms with Crippen LogP contribution in [0.15, 0.2) is 73.1 Å². The SMILES string of the molecule is COc1ccc(-c2ccccc2)cc1NCc1ccncc1. The third-order valence-electron chi connectivity index (χ3n) is 3.54. The lowest BCUT2D eigenvalue weighted by Crippen LogP contribution is -2.01. The van der Waals surface area contributed by atoms with Crippen molar-refractivity contribution in [3.05, 3.63) is 78.6 Å². The van der Waals surface area contributed by atoms with Crippen LogP contribution in [0.1, 0.15) is 5.56 Å². The first-order valence-corrected chi connectivity index (χ1v) is 7.23. The molecule has 0 spiro atoms. The maximum atomic E-state index is 5.45. The van der Waals surface area contributed by atoms with E-state index in [1.165, 1.54) is 16.7 Å². The number of benzene rings is 2. The fourth-order valence-corrected chi connectivity index (χ4v) is 2.35. The normalized spacial score (nSPS) is 10.2. The lowest BCUT2D eigenvalue weighted by atomic mass is 10.0. The van der Waals surface area contributed by atoms with Gasteiger partial charge in [-0.05, 0) is 41.0 Å². The molecule has 110 valence electrons. The molecule has 2 aromatic carbocycles. The summed E-state index contributed by atoms with van der Waals surface area (Å²) in [6.45, 7) is 0.733. The van der Waals surface area contributed by atoms with Crippen molar-refractivity contribution in [2.45, 2.75) is 6.54 Å². The highest BCUT2D eigenvalue weighted by atomic mass is 16.5. The third-order valence-corrected chi connectivity index (χ3v) is 3.54. The molecule has 0 fully saturated rings. The minimum absolute atomic E-state index is 0.733. The molecule has 1 aromatic heterocycles. The summed E-state index contributed by atoms with van der Waals surface area (Å²) in [5, 5.41) is 3.44. The van der Waals surface area contributed by atoms with Crippen LogP contribution in [0, 0.1) is 0 Å². The van der Waals surface area contributed by atoms with E-state index in [1.54, 1.807) is 19.5 Å². The van der Waals surface area contributed by atoms with Crippen LogP contribution in [-0.4, -0.2) is 12.1 Å². The standard InChI is InChI=1S/C19H18N2O/c1-22-19-8-7-17(16-5-3-2-4-6-16)13-18(19)21-14-15-9-11-20-12-10-15/h2-13,21H,14H2,1H3. The molecule has 0 radical (unpaired) electrons. The Morgan fingerprint density at radius 3 is 2.41 bits per heavy atom. The van der Waals surface area contributed by atoms with Gasteiger partial charge in [-0.2, -0.15) is 0 Å². The highest BCUT2D eigenvalue weighted by Crippen LogP contribution is 2.30. The zero-order valence-corrected chi connectivity index (χ0v) is 12.5. The Morgan fingerprint density at radius 2 is 1.68 bits per heavy atom. The molecule has 3 aromatic rings. The average molecular weight is 290 g/mol. The van der Waals surface area contributed by atoms with E-state index in [0.717, 1.165) is 18.0 Å². The highest BCUT2D eigenvalue weighted by molar-refractivity contribution is 5.72. The van der Waals surface area contributed by atoms with Crippen molar-refractivity contribution < 1.29 is 4.74 Å². The predicted octanol–water partition coefficient (Wildman–Crippen LogP) is 4.37. The van der Waals surface area contributed by atoms with Gasteiger partial charge in [-0.3, -0.25) is 4.98 Å². The van der Waals surface area contributed by atoms with Crippen molar-refractivity contribution in [2.75, 3.05) is 12.4 Å². The molecule has 3 heteroatoms. The van der Waals surface area contributed by atoms with Crippen LogP contribution < -0.4 is 10.1 Å². The fourth-order valence-electron chi connectivity index (χ4n) is 2.35. The molecule has 0 amide bonds. The quantitative estimate of drug-likeness (QED) is 0.757. The van der Waals surface area contributed by atoms with Crippen molar-refractivity contribution >= 4 is 5.69 Å². The molecular formula is C19H18N2O. The smallest absolute Gasteiger partial charge is 0.141 e. The van der Waals surface area contributed by atoms with Crippen LogP contribution in [0.25, 0.3) is 11.1 Å². The average Bonchev–Trinajstić information content (AvgIpc) is 2.61. The lowest BCUT2D eigenvalue weighted by molar-refractivity contribution is 0.416. The maximum Gasteiger partial charge on any atom is 0.141 e. The maximum absolute atomic E-state index is 5.45. The number of ether oxygens (including phenoxy) is 1. The Bertz CT molecular complexity index is 727. The van der Waals surface area contributed by atoms with Gasteiger partial charge in [0.1, 0.15) is 5.75 Å². The molecule has 0 saturated heterocycles. The molecule has 3 nitrogen and oxygen atoms in total. The number of nitrogens with one attached hydrogen (secondary N) is 1.